The number of nitrogens with one attached hydrogen (secondary N) is 2. The van der Waals surface area contributed by atoms with Crippen LogP contribution in [0.5, 0.6) is 0 Å². The average molecular weight is 269 g/mol. The molecule has 1 heterocycles. The van der Waals surface area contributed by atoms with Gasteiger partial charge >= 0.3 is 0 Å². The lowest BCUT2D eigenvalue weighted by Gasteiger charge is -2.31. The van der Waals surface area contributed by atoms with Gasteiger partial charge in [0.05, 0.1) is 10.6 Å². The number of amides is 1. The van der Waals surface area contributed by atoms with E-state index in [1.54, 1.807) is 6.07 Å². The van der Waals surface area contributed by atoms with Crippen molar-refractivity contribution in [2.45, 2.75) is 32.2 Å². The van der Waals surface area contributed by atoms with Crippen molar-refractivity contribution in [3.63, 3.8) is 0 Å². The number of nitrogens with two attached hydrogens (primary N) is 1. The molecule has 98 valence electrons. The molecule has 1 atom stereocenters. The maximum absolute atomic E-state index is 12.0. The van der Waals surface area contributed by atoms with Crippen molar-refractivity contribution in [1.82, 2.24) is 10.3 Å². The summed E-state index contributed by atoms with van der Waals surface area (Å²) < 4.78 is 0. The zero-order chi connectivity index (χ0) is 13.1. The largest absolute Gasteiger partial charge is 0.349 e. The summed E-state index contributed by atoms with van der Waals surface area (Å²) in [6.07, 6.45) is 5.10. The highest BCUT2D eigenvalue weighted by Gasteiger charge is 2.25. The Balaban J connectivity index is 2.01. The van der Waals surface area contributed by atoms with Gasteiger partial charge in [0.1, 0.15) is 0 Å². The number of aromatic nitrogens is 1. The van der Waals surface area contributed by atoms with Crippen LogP contribution in [0.2, 0.25) is 5.02 Å². The molecule has 18 heavy (non-hydrogen) atoms. The standard InChI is InChI=1S/C12H17ClN4O/c1-7(8-3-2-4-8)16-12(18)9-5-10(13)11(17-14)15-6-9/h5-8H,2-4,14H2,1H3,(H,15,17)(H,16,18). The van der Waals surface area contributed by atoms with Gasteiger partial charge in [-0.15, -0.1) is 0 Å². The van der Waals surface area contributed by atoms with Crippen LogP contribution in [0.1, 0.15) is 36.5 Å². The first kappa shape index (κ1) is 13.1. The molecule has 0 radical (unpaired) electrons. The molecule has 4 N–H and O–H groups in total. The second-order valence-corrected chi connectivity index (χ2v) is 5.06. The molecule has 0 saturated heterocycles. The van der Waals surface area contributed by atoms with E-state index in [0.717, 1.165) is 0 Å². The van der Waals surface area contributed by atoms with Crippen molar-refractivity contribution in [1.29, 1.82) is 0 Å². The molecular weight excluding hydrogens is 252 g/mol. The number of carbonyl (C=O) groups is 1. The molecule has 1 aromatic heterocycles. The summed E-state index contributed by atoms with van der Waals surface area (Å²) in [4.78, 5) is 16.0. The maximum atomic E-state index is 12.0. The van der Waals surface area contributed by atoms with E-state index >= 15 is 0 Å². The van der Waals surface area contributed by atoms with Gasteiger partial charge in [-0.25, -0.2) is 10.8 Å². The van der Waals surface area contributed by atoms with Crippen LogP contribution in [0.25, 0.3) is 0 Å². The molecule has 1 aliphatic rings. The van der Waals surface area contributed by atoms with Crippen LogP contribution in [0.15, 0.2) is 12.3 Å². The number of hydrazine groups is 1. The first-order chi connectivity index (χ1) is 8.61. The highest BCUT2D eigenvalue weighted by atomic mass is 35.5. The van der Waals surface area contributed by atoms with Crippen LogP contribution in [0.3, 0.4) is 0 Å². The van der Waals surface area contributed by atoms with Crippen LogP contribution in [-0.4, -0.2) is 16.9 Å². The third-order valence-corrected chi connectivity index (χ3v) is 3.74. The molecule has 0 aliphatic heterocycles. The van der Waals surface area contributed by atoms with Crippen LogP contribution in [-0.2, 0) is 0 Å². The van der Waals surface area contributed by atoms with Gasteiger partial charge in [-0.1, -0.05) is 18.0 Å². The Bertz CT molecular complexity index is 448. The number of anilines is 1. The number of nitrogens with zero attached hydrogens (tertiary/aromatic N) is 1. The third-order valence-electron chi connectivity index (χ3n) is 3.46. The molecule has 1 unspecified atom stereocenters. The number of rotatable bonds is 4. The Morgan fingerprint density at radius 2 is 2.33 bits per heavy atom. The van der Waals surface area contributed by atoms with Crippen molar-refractivity contribution in [2.24, 2.45) is 11.8 Å². The Kier molecular flexibility index (Phi) is 4.04. The van der Waals surface area contributed by atoms with Crippen LogP contribution in [0, 0.1) is 5.92 Å². The summed E-state index contributed by atoms with van der Waals surface area (Å²) in [5.74, 6) is 6.04. The summed E-state index contributed by atoms with van der Waals surface area (Å²) in [7, 11) is 0. The summed E-state index contributed by atoms with van der Waals surface area (Å²) >= 11 is 5.93. The average Bonchev–Trinajstić information content (AvgIpc) is 2.26. The summed E-state index contributed by atoms with van der Waals surface area (Å²) in [5.41, 5.74) is 2.81. The number of hydrogen-bond acceptors (Lipinski definition) is 4. The van der Waals surface area contributed by atoms with E-state index < -0.39 is 0 Å². The van der Waals surface area contributed by atoms with Crippen LogP contribution < -0.4 is 16.6 Å². The fourth-order valence-electron chi connectivity index (χ4n) is 2.02. The van der Waals surface area contributed by atoms with Gasteiger partial charge in [0, 0.05) is 12.2 Å². The lowest BCUT2D eigenvalue weighted by atomic mass is 9.80. The summed E-state index contributed by atoms with van der Waals surface area (Å²) in [5, 5.41) is 3.31. The lowest BCUT2D eigenvalue weighted by Crippen LogP contribution is -2.40. The summed E-state index contributed by atoms with van der Waals surface area (Å²) in [6, 6.07) is 1.75. The SMILES string of the molecule is CC(NC(=O)c1cnc(NN)c(Cl)c1)C1CCC1. The van der Waals surface area contributed by atoms with Gasteiger partial charge in [0.2, 0.25) is 0 Å². The molecule has 1 aromatic rings. The van der Waals surface area contributed by atoms with Crippen molar-refractivity contribution in [3.8, 4) is 0 Å². The molecule has 0 spiro atoms. The molecule has 2 rings (SSSR count). The number of halogens is 1. The minimum atomic E-state index is -0.146. The minimum Gasteiger partial charge on any atom is -0.349 e. The smallest absolute Gasteiger partial charge is 0.253 e. The highest BCUT2D eigenvalue weighted by molar-refractivity contribution is 6.33. The first-order valence-corrected chi connectivity index (χ1v) is 6.42. The van der Waals surface area contributed by atoms with Crippen molar-refractivity contribution in [3.05, 3.63) is 22.8 Å². The van der Waals surface area contributed by atoms with Crippen molar-refractivity contribution in [2.75, 3.05) is 5.43 Å². The number of hydrogen-bond donors (Lipinski definition) is 3. The lowest BCUT2D eigenvalue weighted by molar-refractivity contribution is 0.0909. The number of nitrogen functional groups attached to an aromatic ring is 1. The molecule has 5 nitrogen and oxygen atoms in total. The zero-order valence-corrected chi connectivity index (χ0v) is 11.0. The minimum absolute atomic E-state index is 0.146. The Morgan fingerprint density at radius 3 is 2.83 bits per heavy atom. The first-order valence-electron chi connectivity index (χ1n) is 6.05. The summed E-state index contributed by atoms with van der Waals surface area (Å²) in [6.45, 7) is 2.03. The van der Waals surface area contributed by atoms with Crippen molar-refractivity contribution >= 4 is 23.3 Å². The molecule has 1 saturated carbocycles. The van der Waals surface area contributed by atoms with Gasteiger partial charge in [-0.05, 0) is 31.7 Å². The fraction of sp³-hybridized carbons (Fsp3) is 0.500. The number of carbonyl (C=O) groups excluding carboxylic acids is 1. The van der Waals surface area contributed by atoms with E-state index in [1.807, 2.05) is 6.92 Å². The maximum Gasteiger partial charge on any atom is 0.253 e. The molecule has 1 fully saturated rings. The molecule has 6 heteroatoms. The van der Waals surface area contributed by atoms with E-state index in [0.29, 0.717) is 22.3 Å². The zero-order valence-electron chi connectivity index (χ0n) is 10.2. The monoisotopic (exact) mass is 268 g/mol. The third kappa shape index (κ3) is 2.73. The van der Waals surface area contributed by atoms with E-state index in [9.17, 15) is 4.79 Å². The quantitative estimate of drug-likeness (QED) is 0.576. The van der Waals surface area contributed by atoms with Gasteiger partial charge in [0.25, 0.3) is 5.91 Å². The van der Waals surface area contributed by atoms with Crippen LogP contribution >= 0.6 is 11.6 Å². The van der Waals surface area contributed by atoms with E-state index in [4.69, 9.17) is 17.4 Å². The second-order valence-electron chi connectivity index (χ2n) is 4.65. The Labute approximate surface area is 111 Å². The molecular formula is C12H17ClN4O. The molecule has 1 aliphatic carbocycles. The predicted octanol–water partition coefficient (Wildman–Crippen LogP) is 1.94. The van der Waals surface area contributed by atoms with E-state index in [2.05, 4.69) is 15.7 Å². The van der Waals surface area contributed by atoms with Gasteiger partial charge in [0.15, 0.2) is 5.82 Å². The number of pyridine rings is 1. The second kappa shape index (κ2) is 5.54. The normalized spacial score (nSPS) is 16.8. The Morgan fingerprint density at radius 1 is 1.61 bits per heavy atom. The van der Waals surface area contributed by atoms with Gasteiger partial charge in [-0.2, -0.15) is 0 Å². The molecule has 0 aromatic carbocycles. The van der Waals surface area contributed by atoms with Crippen LogP contribution in [0.4, 0.5) is 5.82 Å². The Hall–Kier alpha value is -1.33. The highest BCUT2D eigenvalue weighted by Crippen LogP contribution is 2.29. The fourth-order valence-corrected chi connectivity index (χ4v) is 2.24. The van der Waals surface area contributed by atoms with E-state index in [1.165, 1.54) is 25.5 Å². The van der Waals surface area contributed by atoms with Gasteiger partial charge in [-0.3, -0.25) is 4.79 Å². The van der Waals surface area contributed by atoms with E-state index in [-0.39, 0.29) is 11.9 Å². The van der Waals surface area contributed by atoms with Gasteiger partial charge < -0.3 is 10.7 Å². The molecule has 0 bridgehead atoms. The van der Waals surface area contributed by atoms with Crippen molar-refractivity contribution < 1.29 is 4.79 Å². The molecule has 1 amide bonds. The predicted molar refractivity (Wildman–Crippen MR) is 71.3 cm³/mol. The topological polar surface area (TPSA) is 80.0 Å².